The molecule has 1 saturated heterocycles. The summed E-state index contributed by atoms with van der Waals surface area (Å²) in [5, 5.41) is 0. The summed E-state index contributed by atoms with van der Waals surface area (Å²) in [4.78, 5) is 9.29. The monoisotopic (exact) mass is 283 g/mol. The fourth-order valence-electron chi connectivity index (χ4n) is 2.95. The molecule has 0 bridgehead atoms. The molecule has 108 valence electrons. The van der Waals surface area contributed by atoms with Crippen molar-refractivity contribution in [2.75, 3.05) is 13.2 Å². The maximum atomic E-state index is 5.63. The molecule has 0 aliphatic carbocycles. The first-order chi connectivity index (χ1) is 10.4. The largest absolute Gasteiger partial charge is 0.467 e. The third kappa shape index (κ3) is 2.34. The van der Waals surface area contributed by atoms with Gasteiger partial charge in [0, 0.05) is 18.7 Å². The van der Waals surface area contributed by atoms with Gasteiger partial charge >= 0.3 is 0 Å². The average Bonchev–Trinajstić information content (AvgIpc) is 3.17. The predicted molar refractivity (Wildman–Crippen MR) is 78.1 cm³/mol. The van der Waals surface area contributed by atoms with E-state index in [0.29, 0.717) is 12.5 Å². The summed E-state index contributed by atoms with van der Waals surface area (Å²) >= 11 is 0. The molecule has 4 heterocycles. The zero-order valence-corrected chi connectivity index (χ0v) is 11.7. The molecule has 0 radical (unpaired) electrons. The molecule has 1 fully saturated rings. The van der Waals surface area contributed by atoms with Crippen LogP contribution in [0, 0.1) is 0 Å². The van der Waals surface area contributed by atoms with Gasteiger partial charge in [0.25, 0.3) is 0 Å². The summed E-state index contributed by atoms with van der Waals surface area (Å²) in [5.74, 6) is 2.31. The van der Waals surface area contributed by atoms with Gasteiger partial charge in [-0.1, -0.05) is 0 Å². The molecule has 4 rings (SSSR count). The van der Waals surface area contributed by atoms with Gasteiger partial charge in [-0.25, -0.2) is 9.97 Å². The van der Waals surface area contributed by atoms with Crippen LogP contribution in [0.1, 0.15) is 30.3 Å². The number of fused-ring (bicyclic) bond motifs is 1. The van der Waals surface area contributed by atoms with E-state index in [9.17, 15) is 0 Å². The van der Waals surface area contributed by atoms with Crippen molar-refractivity contribution in [3.8, 4) is 0 Å². The number of aromatic nitrogens is 3. The number of hydrogen-bond acceptors (Lipinski definition) is 4. The Bertz CT molecular complexity index is 727. The van der Waals surface area contributed by atoms with Crippen LogP contribution in [0.4, 0.5) is 0 Å². The van der Waals surface area contributed by atoms with Gasteiger partial charge in [0.1, 0.15) is 17.1 Å². The molecular formula is C16H17N3O2. The molecule has 0 spiro atoms. The van der Waals surface area contributed by atoms with Crippen molar-refractivity contribution in [3.05, 3.63) is 48.3 Å². The Balaban J connectivity index is 1.80. The Hall–Kier alpha value is -2.14. The number of pyridine rings is 1. The van der Waals surface area contributed by atoms with E-state index >= 15 is 0 Å². The first-order valence-electron chi connectivity index (χ1n) is 7.33. The van der Waals surface area contributed by atoms with Crippen molar-refractivity contribution in [1.82, 2.24) is 14.5 Å². The molecule has 0 amide bonds. The highest BCUT2D eigenvalue weighted by atomic mass is 16.5. The molecule has 3 aromatic heterocycles. The summed E-state index contributed by atoms with van der Waals surface area (Å²) in [7, 11) is 0. The van der Waals surface area contributed by atoms with Crippen LogP contribution in [0.2, 0.25) is 0 Å². The minimum absolute atomic E-state index is 0.336. The second-order valence-corrected chi connectivity index (χ2v) is 5.40. The van der Waals surface area contributed by atoms with Crippen molar-refractivity contribution in [2.45, 2.75) is 25.3 Å². The predicted octanol–water partition coefficient (Wildman–Crippen LogP) is 2.97. The van der Waals surface area contributed by atoms with Crippen molar-refractivity contribution < 1.29 is 9.15 Å². The second kappa shape index (κ2) is 5.33. The molecule has 0 N–H and O–H groups in total. The Morgan fingerprint density at radius 3 is 3.10 bits per heavy atom. The van der Waals surface area contributed by atoms with E-state index in [0.717, 1.165) is 48.8 Å². The van der Waals surface area contributed by atoms with Crippen LogP contribution in [0.5, 0.6) is 0 Å². The molecule has 5 nitrogen and oxygen atoms in total. The molecule has 21 heavy (non-hydrogen) atoms. The lowest BCUT2D eigenvalue weighted by Crippen LogP contribution is -2.20. The maximum Gasteiger partial charge on any atom is 0.160 e. The molecule has 1 aliphatic rings. The number of furan rings is 1. The number of ether oxygens (including phenoxy) is 1. The fourth-order valence-corrected chi connectivity index (χ4v) is 2.95. The summed E-state index contributed by atoms with van der Waals surface area (Å²) in [6.45, 7) is 2.25. The first kappa shape index (κ1) is 12.6. The highest BCUT2D eigenvalue weighted by Crippen LogP contribution is 2.28. The van der Waals surface area contributed by atoms with Gasteiger partial charge in [0.2, 0.25) is 0 Å². The topological polar surface area (TPSA) is 53.1 Å². The molecule has 3 aromatic rings. The van der Waals surface area contributed by atoms with Gasteiger partial charge in [-0.2, -0.15) is 0 Å². The lowest BCUT2D eigenvalue weighted by atomic mass is 10.0. The SMILES string of the molecule is c1coc(Cn2c(C3CCCOC3)nc3cccnc32)c1. The normalized spacial score (nSPS) is 19.1. The van der Waals surface area contributed by atoms with Crippen molar-refractivity contribution >= 4 is 11.2 Å². The number of nitrogens with zero attached hydrogens (tertiary/aromatic N) is 3. The van der Waals surface area contributed by atoms with Crippen LogP contribution in [-0.4, -0.2) is 27.7 Å². The first-order valence-corrected chi connectivity index (χ1v) is 7.33. The average molecular weight is 283 g/mol. The molecule has 1 aliphatic heterocycles. The zero-order chi connectivity index (χ0) is 14.1. The van der Waals surface area contributed by atoms with E-state index in [4.69, 9.17) is 14.1 Å². The smallest absolute Gasteiger partial charge is 0.160 e. The molecule has 0 saturated carbocycles. The molecule has 5 heteroatoms. The zero-order valence-electron chi connectivity index (χ0n) is 11.7. The third-order valence-electron chi connectivity index (χ3n) is 3.95. The van der Waals surface area contributed by atoms with Gasteiger partial charge in [0.15, 0.2) is 5.65 Å². The maximum absolute atomic E-state index is 5.63. The summed E-state index contributed by atoms with van der Waals surface area (Å²) in [5.41, 5.74) is 1.85. The van der Waals surface area contributed by atoms with E-state index in [-0.39, 0.29) is 0 Å². The fraction of sp³-hybridized carbons (Fsp3) is 0.375. The van der Waals surface area contributed by atoms with Crippen molar-refractivity contribution in [3.63, 3.8) is 0 Å². The number of hydrogen-bond donors (Lipinski definition) is 0. The van der Waals surface area contributed by atoms with Crippen LogP contribution in [0.25, 0.3) is 11.2 Å². The molecule has 1 atom stereocenters. The summed E-state index contributed by atoms with van der Waals surface area (Å²) < 4.78 is 13.3. The van der Waals surface area contributed by atoms with Crippen molar-refractivity contribution in [2.24, 2.45) is 0 Å². The highest BCUT2D eigenvalue weighted by molar-refractivity contribution is 5.71. The van der Waals surface area contributed by atoms with Gasteiger partial charge in [-0.15, -0.1) is 0 Å². The Labute approximate surface area is 122 Å². The number of imidazole rings is 1. The van der Waals surface area contributed by atoms with E-state index in [1.807, 2.05) is 30.5 Å². The van der Waals surface area contributed by atoms with Crippen LogP contribution < -0.4 is 0 Å². The molecule has 0 aromatic carbocycles. The van der Waals surface area contributed by atoms with Crippen LogP contribution in [0.15, 0.2) is 41.1 Å². The van der Waals surface area contributed by atoms with Gasteiger partial charge in [-0.3, -0.25) is 0 Å². The van der Waals surface area contributed by atoms with Gasteiger partial charge in [0.05, 0.1) is 19.4 Å². The van der Waals surface area contributed by atoms with Crippen molar-refractivity contribution in [1.29, 1.82) is 0 Å². The number of rotatable bonds is 3. The van der Waals surface area contributed by atoms with Gasteiger partial charge in [-0.05, 0) is 37.1 Å². The summed E-state index contributed by atoms with van der Waals surface area (Å²) in [6, 6.07) is 7.82. The van der Waals surface area contributed by atoms with Crippen LogP contribution in [0.3, 0.4) is 0 Å². The molecular weight excluding hydrogens is 266 g/mol. The standard InChI is InChI=1S/C16H17N3O2/c1-6-14-16(17-7-1)19(10-13-5-3-9-21-13)15(18-14)12-4-2-8-20-11-12/h1,3,5-7,9,12H,2,4,8,10-11H2. The minimum Gasteiger partial charge on any atom is -0.467 e. The molecule has 1 unspecified atom stereocenters. The lowest BCUT2D eigenvalue weighted by molar-refractivity contribution is 0.0772. The Kier molecular flexibility index (Phi) is 3.20. The van der Waals surface area contributed by atoms with E-state index in [1.54, 1.807) is 6.26 Å². The highest BCUT2D eigenvalue weighted by Gasteiger charge is 2.23. The Morgan fingerprint density at radius 2 is 2.29 bits per heavy atom. The van der Waals surface area contributed by atoms with E-state index < -0.39 is 0 Å². The third-order valence-corrected chi connectivity index (χ3v) is 3.95. The lowest BCUT2D eigenvalue weighted by Gasteiger charge is -2.22. The van der Waals surface area contributed by atoms with E-state index in [1.165, 1.54) is 0 Å². The van der Waals surface area contributed by atoms with Crippen LogP contribution in [-0.2, 0) is 11.3 Å². The Morgan fingerprint density at radius 1 is 1.29 bits per heavy atom. The quantitative estimate of drug-likeness (QED) is 0.741. The van der Waals surface area contributed by atoms with Crippen LogP contribution >= 0.6 is 0 Å². The minimum atomic E-state index is 0.336. The van der Waals surface area contributed by atoms with Gasteiger partial charge < -0.3 is 13.7 Å². The summed E-state index contributed by atoms with van der Waals surface area (Å²) in [6.07, 6.45) is 5.71. The second-order valence-electron chi connectivity index (χ2n) is 5.40. The van der Waals surface area contributed by atoms with E-state index in [2.05, 4.69) is 9.55 Å².